The van der Waals surface area contributed by atoms with Crippen LogP contribution in [0.3, 0.4) is 0 Å². The number of nitrogen functional groups attached to an aromatic ring is 1. The molecule has 0 unspecified atom stereocenters. The highest BCUT2D eigenvalue weighted by Gasteiger charge is 2.22. The highest BCUT2D eigenvalue weighted by Crippen LogP contribution is 2.32. The fourth-order valence-corrected chi connectivity index (χ4v) is 5.24. The van der Waals surface area contributed by atoms with Gasteiger partial charge in [0.2, 0.25) is 0 Å². The maximum absolute atomic E-state index is 15.0. The molecule has 11 heteroatoms. The van der Waals surface area contributed by atoms with Crippen LogP contribution in [0.15, 0.2) is 82.1 Å². The van der Waals surface area contributed by atoms with Crippen molar-refractivity contribution in [1.29, 1.82) is 5.41 Å². The molecule has 0 fully saturated rings. The lowest BCUT2D eigenvalue weighted by molar-refractivity contribution is 0.102. The summed E-state index contributed by atoms with van der Waals surface area (Å²) in [6.45, 7) is 1.51. The van der Waals surface area contributed by atoms with E-state index in [1.807, 2.05) is 11.5 Å². The van der Waals surface area contributed by atoms with Gasteiger partial charge >= 0.3 is 0 Å². The number of aryl methyl sites for hydroxylation is 1. The number of fused-ring (bicyclic) bond motifs is 1. The fourth-order valence-electron chi connectivity index (χ4n) is 4.27. The van der Waals surface area contributed by atoms with Gasteiger partial charge in [0.1, 0.15) is 22.9 Å². The molecule has 5 rings (SSSR count). The molecule has 3 heterocycles. The summed E-state index contributed by atoms with van der Waals surface area (Å²) in [5, 5.41) is 13.0. The zero-order valence-corrected chi connectivity index (χ0v) is 22.0. The number of carbonyl (C=O) groups excluding carboxylic acids is 1. The molecular formula is C29H23F2N5O3S. The van der Waals surface area contributed by atoms with E-state index in [4.69, 9.17) is 15.9 Å². The van der Waals surface area contributed by atoms with Crippen molar-refractivity contribution in [3.8, 4) is 17.2 Å². The number of nitrogens with two attached hydrogens (primary N) is 1. The Kier molecular flexibility index (Phi) is 7.47. The van der Waals surface area contributed by atoms with Gasteiger partial charge in [-0.15, -0.1) is 0 Å². The maximum Gasteiger partial charge on any atom is 0.268 e. The number of amides is 1. The van der Waals surface area contributed by atoms with Crippen LogP contribution in [0.5, 0.6) is 11.5 Å². The highest BCUT2D eigenvalue weighted by molar-refractivity contribution is 8.02. The molecule has 1 aliphatic rings. The second kappa shape index (κ2) is 11.1. The summed E-state index contributed by atoms with van der Waals surface area (Å²) in [5.74, 6) is -1.86. The van der Waals surface area contributed by atoms with E-state index >= 15 is 4.39 Å². The largest absolute Gasteiger partial charge is 0.453 e. The third-order valence-electron chi connectivity index (χ3n) is 6.14. The van der Waals surface area contributed by atoms with Crippen LogP contribution < -0.4 is 21.3 Å². The molecular weight excluding hydrogens is 536 g/mol. The van der Waals surface area contributed by atoms with Gasteiger partial charge in [-0.25, -0.2) is 13.8 Å². The standard InChI is InChI=1S/C29H23F2N5O3S/c1-16(32)25-24(11-12-34-26(25)33)39-23-10-7-19(15-22(23)31)35-27(37)21-14-17-4-2-3-13-40-29(17)36(28(21)38)20-8-5-18(30)6-9-20/h3,5-15,32H,2,4H2,1H3,(H2,33,34)(H,35,37). The monoisotopic (exact) mass is 559 g/mol. The fraction of sp³-hybridized carbons (Fsp3) is 0.103. The summed E-state index contributed by atoms with van der Waals surface area (Å²) in [6.07, 6.45) is 4.68. The molecule has 0 radical (unpaired) electrons. The number of allylic oxidation sites excluding steroid dienone is 1. The number of carbonyl (C=O) groups is 1. The van der Waals surface area contributed by atoms with Crippen LogP contribution in [0.25, 0.3) is 5.69 Å². The first-order chi connectivity index (χ1) is 19.2. The van der Waals surface area contributed by atoms with Gasteiger partial charge in [0, 0.05) is 29.3 Å². The summed E-state index contributed by atoms with van der Waals surface area (Å²) in [7, 11) is 0. The predicted molar refractivity (Wildman–Crippen MR) is 151 cm³/mol. The molecule has 0 saturated carbocycles. The molecule has 1 aliphatic heterocycles. The zero-order chi connectivity index (χ0) is 28.4. The molecule has 0 spiro atoms. The van der Waals surface area contributed by atoms with Crippen LogP contribution >= 0.6 is 11.8 Å². The van der Waals surface area contributed by atoms with Crippen LogP contribution in [0.2, 0.25) is 0 Å². The van der Waals surface area contributed by atoms with Crippen molar-refractivity contribution in [3.05, 3.63) is 111 Å². The normalized spacial score (nSPS) is 12.4. The van der Waals surface area contributed by atoms with Gasteiger partial charge in [-0.05, 0) is 79.3 Å². The number of hydrogen-bond acceptors (Lipinski definition) is 7. The summed E-state index contributed by atoms with van der Waals surface area (Å²) in [5.41, 5.74) is 6.78. The number of benzene rings is 2. The molecule has 8 nitrogen and oxygen atoms in total. The Hall–Kier alpha value is -4.77. The van der Waals surface area contributed by atoms with Crippen LogP contribution in [0.4, 0.5) is 20.3 Å². The molecule has 1 amide bonds. The molecule has 0 atom stereocenters. The molecule has 4 N–H and O–H groups in total. The van der Waals surface area contributed by atoms with Crippen LogP contribution in [-0.4, -0.2) is 21.2 Å². The Balaban J connectivity index is 1.46. The van der Waals surface area contributed by atoms with E-state index in [9.17, 15) is 14.0 Å². The highest BCUT2D eigenvalue weighted by atomic mass is 32.2. The number of nitrogens with zero attached hydrogens (tertiary/aromatic N) is 2. The SMILES string of the molecule is CC(=N)c1c(Oc2ccc(NC(=O)c3cc4c(n(-c5ccc(F)cc5)c3=O)SC=CCC4)cc2F)ccnc1N. The van der Waals surface area contributed by atoms with E-state index in [1.165, 1.54) is 71.9 Å². The van der Waals surface area contributed by atoms with Crippen molar-refractivity contribution in [2.75, 3.05) is 11.1 Å². The summed E-state index contributed by atoms with van der Waals surface area (Å²) in [6, 6.07) is 12.3. The lowest BCUT2D eigenvalue weighted by Crippen LogP contribution is -2.30. The molecule has 2 aromatic heterocycles. The number of rotatable bonds is 6. The number of pyridine rings is 2. The summed E-state index contributed by atoms with van der Waals surface area (Å²) < 4.78 is 35.6. The predicted octanol–water partition coefficient (Wildman–Crippen LogP) is 6.08. The number of halogens is 2. The Labute approximate surface area is 232 Å². The third kappa shape index (κ3) is 5.36. The molecule has 2 aromatic carbocycles. The Morgan fingerprint density at radius 3 is 2.62 bits per heavy atom. The van der Waals surface area contributed by atoms with Crippen molar-refractivity contribution < 1.29 is 18.3 Å². The average Bonchev–Trinajstić information content (AvgIpc) is 3.16. The van der Waals surface area contributed by atoms with Gasteiger partial charge in [-0.1, -0.05) is 17.8 Å². The van der Waals surface area contributed by atoms with Crippen molar-refractivity contribution >= 4 is 34.9 Å². The maximum atomic E-state index is 15.0. The van der Waals surface area contributed by atoms with Crippen LogP contribution in [0.1, 0.15) is 34.8 Å². The molecule has 40 heavy (non-hydrogen) atoms. The van der Waals surface area contributed by atoms with Gasteiger partial charge < -0.3 is 21.2 Å². The van der Waals surface area contributed by atoms with Crippen molar-refractivity contribution in [2.24, 2.45) is 0 Å². The van der Waals surface area contributed by atoms with Gasteiger partial charge in [0.25, 0.3) is 11.5 Å². The molecule has 0 bridgehead atoms. The number of aromatic nitrogens is 2. The van der Waals surface area contributed by atoms with E-state index in [2.05, 4.69) is 10.3 Å². The quantitative estimate of drug-likeness (QED) is 0.246. The average molecular weight is 560 g/mol. The number of nitrogens with one attached hydrogen (secondary N) is 2. The lowest BCUT2D eigenvalue weighted by Gasteiger charge is -2.17. The van der Waals surface area contributed by atoms with Gasteiger partial charge in [0.15, 0.2) is 11.6 Å². The minimum atomic E-state index is -0.783. The third-order valence-corrected chi connectivity index (χ3v) is 7.14. The zero-order valence-electron chi connectivity index (χ0n) is 21.2. The van der Waals surface area contributed by atoms with E-state index < -0.39 is 23.1 Å². The van der Waals surface area contributed by atoms with Crippen molar-refractivity contribution in [1.82, 2.24) is 9.55 Å². The number of thioether (sulfide) groups is 1. The van der Waals surface area contributed by atoms with E-state index in [-0.39, 0.29) is 39.8 Å². The van der Waals surface area contributed by atoms with Gasteiger partial charge in [-0.2, -0.15) is 0 Å². The first-order valence-electron chi connectivity index (χ1n) is 12.2. The van der Waals surface area contributed by atoms with E-state index in [0.717, 1.165) is 18.1 Å². The molecule has 202 valence electrons. The lowest BCUT2D eigenvalue weighted by atomic mass is 10.1. The minimum Gasteiger partial charge on any atom is -0.453 e. The van der Waals surface area contributed by atoms with Crippen LogP contribution in [0, 0.1) is 17.0 Å². The van der Waals surface area contributed by atoms with E-state index in [1.54, 1.807) is 6.07 Å². The second-order valence-corrected chi connectivity index (χ2v) is 9.82. The Morgan fingerprint density at radius 1 is 1.12 bits per heavy atom. The topological polar surface area (TPSA) is 123 Å². The number of hydrogen-bond donors (Lipinski definition) is 3. The van der Waals surface area contributed by atoms with E-state index in [0.29, 0.717) is 17.1 Å². The smallest absolute Gasteiger partial charge is 0.268 e. The van der Waals surface area contributed by atoms with Crippen molar-refractivity contribution in [2.45, 2.75) is 24.8 Å². The number of anilines is 2. The Bertz CT molecular complexity index is 1740. The van der Waals surface area contributed by atoms with Crippen molar-refractivity contribution in [3.63, 3.8) is 0 Å². The first kappa shape index (κ1) is 26.8. The summed E-state index contributed by atoms with van der Waals surface area (Å²) in [4.78, 5) is 30.8. The first-order valence-corrected chi connectivity index (χ1v) is 13.1. The second-order valence-electron chi connectivity index (χ2n) is 8.93. The van der Waals surface area contributed by atoms with Gasteiger partial charge in [0.05, 0.1) is 10.6 Å². The molecule has 0 saturated heterocycles. The number of ether oxygens (including phenoxy) is 1. The Morgan fingerprint density at radius 2 is 1.90 bits per heavy atom. The van der Waals surface area contributed by atoms with Crippen LogP contribution in [-0.2, 0) is 6.42 Å². The molecule has 4 aromatic rings. The van der Waals surface area contributed by atoms with Gasteiger partial charge in [-0.3, -0.25) is 14.2 Å². The minimum absolute atomic E-state index is 0.0792. The summed E-state index contributed by atoms with van der Waals surface area (Å²) >= 11 is 1.35. The molecule has 0 aliphatic carbocycles.